The summed E-state index contributed by atoms with van der Waals surface area (Å²) in [7, 11) is 0. The third-order valence-electron chi connectivity index (χ3n) is 5.01. The zero-order chi connectivity index (χ0) is 12.3. The molecule has 2 aliphatic rings. The monoisotopic (exact) mass is 237 g/mol. The molecule has 0 aromatic heterocycles. The molecular weight excluding hydrogens is 210 g/mol. The van der Waals surface area contributed by atoms with Gasteiger partial charge < -0.3 is 9.69 Å². The summed E-state index contributed by atoms with van der Waals surface area (Å²) in [4.78, 5) is 14.0. The topological polar surface area (TPSA) is 20.3 Å². The van der Waals surface area contributed by atoms with Gasteiger partial charge in [0.25, 0.3) is 0 Å². The van der Waals surface area contributed by atoms with E-state index in [1.165, 1.54) is 45.1 Å². The Balaban J connectivity index is 1.89. The van der Waals surface area contributed by atoms with E-state index in [1.807, 2.05) is 0 Å². The molecule has 1 saturated carbocycles. The molecule has 1 saturated heterocycles. The minimum Gasteiger partial charge on any atom is -0.303 e. The molecule has 98 valence electrons. The van der Waals surface area contributed by atoms with Crippen LogP contribution in [0.4, 0.5) is 0 Å². The molecular formula is C15H27NO. The number of nitrogens with zero attached hydrogens (tertiary/aromatic N) is 1. The molecule has 2 heteroatoms. The molecule has 2 nitrogen and oxygen atoms in total. The Kier molecular flexibility index (Phi) is 4.24. The van der Waals surface area contributed by atoms with Gasteiger partial charge in [-0.3, -0.25) is 0 Å². The molecule has 0 radical (unpaired) electrons. The Labute approximate surface area is 106 Å². The predicted molar refractivity (Wildman–Crippen MR) is 71.0 cm³/mol. The molecule has 1 unspecified atom stereocenters. The van der Waals surface area contributed by atoms with Gasteiger partial charge in [0.2, 0.25) is 0 Å². The van der Waals surface area contributed by atoms with E-state index in [9.17, 15) is 4.79 Å². The van der Waals surface area contributed by atoms with Gasteiger partial charge in [0.15, 0.2) is 0 Å². The average molecular weight is 237 g/mol. The molecule has 1 heterocycles. The number of aldehydes is 1. The first-order chi connectivity index (χ1) is 8.17. The first-order valence-electron chi connectivity index (χ1n) is 7.36. The van der Waals surface area contributed by atoms with Crippen LogP contribution in [0.5, 0.6) is 0 Å². The maximum atomic E-state index is 11.5. The van der Waals surface area contributed by atoms with E-state index in [0.29, 0.717) is 0 Å². The van der Waals surface area contributed by atoms with Crippen molar-refractivity contribution >= 4 is 6.29 Å². The van der Waals surface area contributed by atoms with Crippen molar-refractivity contribution in [2.75, 3.05) is 19.6 Å². The molecule has 0 aromatic carbocycles. The number of carbonyl (C=O) groups is 1. The lowest BCUT2D eigenvalue weighted by Gasteiger charge is -2.37. The van der Waals surface area contributed by atoms with Crippen molar-refractivity contribution in [2.24, 2.45) is 17.3 Å². The Morgan fingerprint density at radius 3 is 2.53 bits per heavy atom. The van der Waals surface area contributed by atoms with Gasteiger partial charge in [-0.15, -0.1) is 0 Å². The molecule has 1 atom stereocenters. The largest absolute Gasteiger partial charge is 0.303 e. The molecule has 1 aliphatic carbocycles. The molecule has 1 aliphatic heterocycles. The molecule has 0 bridgehead atoms. The maximum absolute atomic E-state index is 11.5. The van der Waals surface area contributed by atoms with Crippen LogP contribution in [-0.4, -0.2) is 30.8 Å². The molecule has 0 N–H and O–H groups in total. The molecule has 0 aromatic rings. The van der Waals surface area contributed by atoms with Gasteiger partial charge in [0.1, 0.15) is 6.29 Å². The fraction of sp³-hybridized carbons (Fsp3) is 0.933. The standard InChI is InChI=1S/C15H27NO/c1-3-14-6-9-16(10-14)11-15(12-17)7-4-13(2)5-8-15/h12-14H,3-11H2,1-2H3. The zero-order valence-corrected chi connectivity index (χ0v) is 11.5. The van der Waals surface area contributed by atoms with Crippen molar-refractivity contribution in [3.8, 4) is 0 Å². The lowest BCUT2D eigenvalue weighted by atomic mass is 9.71. The SMILES string of the molecule is CCC1CCN(CC2(C=O)CCC(C)CC2)C1. The van der Waals surface area contributed by atoms with Crippen LogP contribution in [0.1, 0.15) is 52.4 Å². The smallest absolute Gasteiger partial charge is 0.127 e. The fourth-order valence-corrected chi connectivity index (χ4v) is 3.49. The van der Waals surface area contributed by atoms with E-state index >= 15 is 0 Å². The van der Waals surface area contributed by atoms with Crippen molar-refractivity contribution in [2.45, 2.75) is 52.4 Å². The minimum atomic E-state index is -0.00482. The maximum Gasteiger partial charge on any atom is 0.127 e. The minimum absolute atomic E-state index is 0.00482. The highest BCUT2D eigenvalue weighted by Gasteiger charge is 2.37. The van der Waals surface area contributed by atoms with E-state index in [2.05, 4.69) is 18.7 Å². The van der Waals surface area contributed by atoms with Crippen LogP contribution < -0.4 is 0 Å². The van der Waals surface area contributed by atoms with Gasteiger partial charge in [0.05, 0.1) is 0 Å². The summed E-state index contributed by atoms with van der Waals surface area (Å²) in [6.45, 7) is 8.06. The van der Waals surface area contributed by atoms with E-state index in [4.69, 9.17) is 0 Å². The quantitative estimate of drug-likeness (QED) is 0.700. The fourth-order valence-electron chi connectivity index (χ4n) is 3.49. The molecule has 2 rings (SSSR count). The van der Waals surface area contributed by atoms with Crippen molar-refractivity contribution in [3.63, 3.8) is 0 Å². The van der Waals surface area contributed by atoms with Crippen LogP contribution in [0.3, 0.4) is 0 Å². The van der Waals surface area contributed by atoms with Gasteiger partial charge in [-0.25, -0.2) is 0 Å². The van der Waals surface area contributed by atoms with Crippen LogP contribution in [0.2, 0.25) is 0 Å². The highest BCUT2D eigenvalue weighted by molar-refractivity contribution is 5.60. The second-order valence-electron chi connectivity index (χ2n) is 6.46. The lowest BCUT2D eigenvalue weighted by Crippen LogP contribution is -2.40. The highest BCUT2D eigenvalue weighted by Crippen LogP contribution is 2.38. The molecule has 0 spiro atoms. The first kappa shape index (κ1) is 13.1. The lowest BCUT2D eigenvalue weighted by molar-refractivity contribution is -0.119. The van der Waals surface area contributed by atoms with Gasteiger partial charge in [-0.1, -0.05) is 20.3 Å². The van der Waals surface area contributed by atoms with Crippen LogP contribution in [0.25, 0.3) is 0 Å². The first-order valence-corrected chi connectivity index (χ1v) is 7.36. The van der Waals surface area contributed by atoms with Crippen molar-refractivity contribution < 1.29 is 4.79 Å². The predicted octanol–water partition coefficient (Wildman–Crippen LogP) is 3.11. The highest BCUT2D eigenvalue weighted by atomic mass is 16.1. The van der Waals surface area contributed by atoms with Gasteiger partial charge in [-0.05, 0) is 50.5 Å². The summed E-state index contributed by atoms with van der Waals surface area (Å²) in [5.74, 6) is 1.70. The number of hydrogen-bond acceptors (Lipinski definition) is 2. The van der Waals surface area contributed by atoms with Gasteiger partial charge in [0, 0.05) is 18.5 Å². The summed E-state index contributed by atoms with van der Waals surface area (Å²) >= 11 is 0. The third kappa shape index (κ3) is 3.09. The zero-order valence-electron chi connectivity index (χ0n) is 11.5. The van der Waals surface area contributed by atoms with E-state index in [1.54, 1.807) is 0 Å². The van der Waals surface area contributed by atoms with Crippen LogP contribution in [-0.2, 0) is 4.79 Å². The van der Waals surface area contributed by atoms with Crippen molar-refractivity contribution in [1.29, 1.82) is 0 Å². The summed E-state index contributed by atoms with van der Waals surface area (Å²) in [6, 6.07) is 0. The third-order valence-corrected chi connectivity index (χ3v) is 5.01. The second-order valence-corrected chi connectivity index (χ2v) is 6.46. The molecule has 0 amide bonds. The number of hydrogen-bond donors (Lipinski definition) is 0. The molecule has 2 fully saturated rings. The van der Waals surface area contributed by atoms with Gasteiger partial charge >= 0.3 is 0 Å². The normalized spacial score (nSPS) is 39.4. The van der Waals surface area contributed by atoms with Gasteiger partial charge in [-0.2, -0.15) is 0 Å². The number of rotatable bonds is 4. The van der Waals surface area contributed by atoms with E-state index in [0.717, 1.165) is 31.2 Å². The summed E-state index contributed by atoms with van der Waals surface area (Å²) in [5, 5.41) is 0. The van der Waals surface area contributed by atoms with Crippen LogP contribution in [0, 0.1) is 17.3 Å². The summed E-state index contributed by atoms with van der Waals surface area (Å²) in [5.41, 5.74) is -0.00482. The summed E-state index contributed by atoms with van der Waals surface area (Å²) in [6.07, 6.45) is 8.62. The summed E-state index contributed by atoms with van der Waals surface area (Å²) < 4.78 is 0. The second kappa shape index (κ2) is 5.51. The Morgan fingerprint density at radius 1 is 1.29 bits per heavy atom. The molecule has 17 heavy (non-hydrogen) atoms. The Morgan fingerprint density at radius 2 is 2.00 bits per heavy atom. The van der Waals surface area contributed by atoms with Crippen LogP contribution >= 0.6 is 0 Å². The van der Waals surface area contributed by atoms with Crippen molar-refractivity contribution in [3.05, 3.63) is 0 Å². The number of likely N-dealkylation sites (tertiary alicyclic amines) is 1. The van der Waals surface area contributed by atoms with Crippen LogP contribution in [0.15, 0.2) is 0 Å². The van der Waals surface area contributed by atoms with Crippen molar-refractivity contribution in [1.82, 2.24) is 4.90 Å². The average Bonchev–Trinajstić information content (AvgIpc) is 2.80. The van der Waals surface area contributed by atoms with E-state index in [-0.39, 0.29) is 5.41 Å². The van der Waals surface area contributed by atoms with E-state index < -0.39 is 0 Å². The Bertz CT molecular complexity index is 256. The number of carbonyl (C=O) groups excluding carboxylic acids is 1. The Hall–Kier alpha value is -0.370.